The lowest BCUT2D eigenvalue weighted by molar-refractivity contribution is -0.130. The van der Waals surface area contributed by atoms with Gasteiger partial charge in [0.25, 0.3) is 0 Å². The van der Waals surface area contributed by atoms with E-state index in [9.17, 15) is 9.59 Å². The fraction of sp³-hybridized carbons (Fsp3) is 0.500. The number of carbonyl (C=O) groups is 2. The molecule has 23 heavy (non-hydrogen) atoms. The van der Waals surface area contributed by atoms with E-state index in [1.807, 2.05) is 24.3 Å². The monoisotopic (exact) mass is 321 g/mol. The standard InChI is InChI=1S/C16H23N3O4/c1-13(20)18-8-10-19(11-9-18)16(21)17-7-12-23-15-6-4-3-5-14(15)22-2/h3-6H,7-12H2,1-2H3,(H,17,21). The van der Waals surface area contributed by atoms with Crippen LogP contribution in [0.4, 0.5) is 4.79 Å². The Morgan fingerprint density at radius 1 is 1.09 bits per heavy atom. The van der Waals surface area contributed by atoms with Gasteiger partial charge < -0.3 is 24.6 Å². The minimum atomic E-state index is -0.128. The van der Waals surface area contributed by atoms with Crippen LogP contribution < -0.4 is 14.8 Å². The molecule has 1 aliphatic rings. The molecule has 1 N–H and O–H groups in total. The maximum atomic E-state index is 12.0. The minimum absolute atomic E-state index is 0.0512. The van der Waals surface area contributed by atoms with Gasteiger partial charge in [0.15, 0.2) is 11.5 Å². The number of piperazine rings is 1. The summed E-state index contributed by atoms with van der Waals surface area (Å²) in [5.74, 6) is 1.37. The average Bonchev–Trinajstić information content (AvgIpc) is 2.59. The van der Waals surface area contributed by atoms with Crippen molar-refractivity contribution in [3.8, 4) is 11.5 Å². The summed E-state index contributed by atoms with van der Waals surface area (Å²) in [4.78, 5) is 26.7. The van der Waals surface area contributed by atoms with Gasteiger partial charge in [-0.3, -0.25) is 4.79 Å². The fourth-order valence-corrected chi connectivity index (χ4v) is 2.39. The van der Waals surface area contributed by atoms with E-state index in [1.54, 1.807) is 23.8 Å². The Morgan fingerprint density at radius 2 is 1.70 bits per heavy atom. The van der Waals surface area contributed by atoms with Crippen LogP contribution in [0.5, 0.6) is 11.5 Å². The SMILES string of the molecule is COc1ccccc1OCCNC(=O)N1CCN(C(C)=O)CC1. The van der Waals surface area contributed by atoms with Crippen LogP contribution in [-0.2, 0) is 4.79 Å². The van der Waals surface area contributed by atoms with Gasteiger partial charge in [0.2, 0.25) is 5.91 Å². The maximum Gasteiger partial charge on any atom is 0.317 e. The van der Waals surface area contributed by atoms with Crippen LogP contribution in [0.1, 0.15) is 6.92 Å². The zero-order chi connectivity index (χ0) is 16.7. The number of methoxy groups -OCH3 is 1. The maximum absolute atomic E-state index is 12.0. The number of ether oxygens (including phenoxy) is 2. The summed E-state index contributed by atoms with van der Waals surface area (Å²) in [6.45, 7) is 4.59. The number of para-hydroxylation sites is 2. The molecule has 1 saturated heterocycles. The summed E-state index contributed by atoms with van der Waals surface area (Å²) in [7, 11) is 1.59. The molecule has 0 unspecified atom stereocenters. The third kappa shape index (κ3) is 4.77. The predicted molar refractivity (Wildman–Crippen MR) is 85.7 cm³/mol. The Hall–Kier alpha value is -2.44. The summed E-state index contributed by atoms with van der Waals surface area (Å²) < 4.78 is 10.8. The highest BCUT2D eigenvalue weighted by molar-refractivity contribution is 5.76. The molecular formula is C16H23N3O4. The summed E-state index contributed by atoms with van der Waals surface area (Å²) in [5.41, 5.74) is 0. The van der Waals surface area contributed by atoms with Crippen molar-refractivity contribution in [2.75, 3.05) is 46.4 Å². The van der Waals surface area contributed by atoms with Gasteiger partial charge in [-0.1, -0.05) is 12.1 Å². The lowest BCUT2D eigenvalue weighted by Crippen LogP contribution is -2.53. The highest BCUT2D eigenvalue weighted by atomic mass is 16.5. The molecule has 0 spiro atoms. The lowest BCUT2D eigenvalue weighted by atomic mass is 10.3. The van der Waals surface area contributed by atoms with E-state index in [-0.39, 0.29) is 11.9 Å². The Labute approximate surface area is 136 Å². The molecule has 2 rings (SSSR count). The van der Waals surface area contributed by atoms with Gasteiger partial charge >= 0.3 is 6.03 Å². The molecule has 126 valence electrons. The number of carbonyl (C=O) groups excluding carboxylic acids is 2. The van der Waals surface area contributed by atoms with Crippen LogP contribution in [0.3, 0.4) is 0 Å². The number of hydrogen-bond donors (Lipinski definition) is 1. The average molecular weight is 321 g/mol. The van der Waals surface area contributed by atoms with E-state index >= 15 is 0 Å². The molecular weight excluding hydrogens is 298 g/mol. The first-order chi connectivity index (χ1) is 11.1. The van der Waals surface area contributed by atoms with Crippen LogP contribution in [-0.4, -0.2) is 68.2 Å². The second kappa shape index (κ2) is 8.26. The van der Waals surface area contributed by atoms with Crippen molar-refractivity contribution in [3.63, 3.8) is 0 Å². The second-order valence-electron chi connectivity index (χ2n) is 5.22. The Morgan fingerprint density at radius 3 is 2.30 bits per heavy atom. The van der Waals surface area contributed by atoms with Crippen LogP contribution in [0.25, 0.3) is 0 Å². The Balaban J connectivity index is 1.68. The topological polar surface area (TPSA) is 71.1 Å². The highest BCUT2D eigenvalue weighted by Crippen LogP contribution is 2.25. The number of hydrogen-bond acceptors (Lipinski definition) is 4. The molecule has 0 aromatic heterocycles. The van der Waals surface area contributed by atoms with E-state index in [0.717, 1.165) is 0 Å². The van der Waals surface area contributed by atoms with Gasteiger partial charge in [0, 0.05) is 33.1 Å². The van der Waals surface area contributed by atoms with Crippen molar-refractivity contribution in [3.05, 3.63) is 24.3 Å². The van der Waals surface area contributed by atoms with Crippen molar-refractivity contribution in [1.29, 1.82) is 0 Å². The van der Waals surface area contributed by atoms with Gasteiger partial charge in [-0.05, 0) is 12.1 Å². The molecule has 1 aromatic rings. The van der Waals surface area contributed by atoms with E-state index in [4.69, 9.17) is 9.47 Å². The van der Waals surface area contributed by atoms with Crippen molar-refractivity contribution in [2.45, 2.75) is 6.92 Å². The number of urea groups is 1. The molecule has 1 aromatic carbocycles. The predicted octanol–water partition coefficient (Wildman–Crippen LogP) is 0.948. The van der Waals surface area contributed by atoms with Crippen LogP contribution in [0.2, 0.25) is 0 Å². The summed E-state index contributed by atoms with van der Waals surface area (Å²) in [5, 5.41) is 2.82. The fourth-order valence-electron chi connectivity index (χ4n) is 2.39. The summed E-state index contributed by atoms with van der Waals surface area (Å²) in [6.07, 6.45) is 0. The number of rotatable bonds is 5. The number of nitrogens with zero attached hydrogens (tertiary/aromatic N) is 2. The van der Waals surface area contributed by atoms with E-state index in [2.05, 4.69) is 5.32 Å². The minimum Gasteiger partial charge on any atom is -0.493 e. The number of amides is 3. The molecule has 0 radical (unpaired) electrons. The molecule has 1 heterocycles. The molecule has 0 aliphatic carbocycles. The molecule has 7 heteroatoms. The molecule has 7 nitrogen and oxygen atoms in total. The third-order valence-electron chi connectivity index (χ3n) is 3.72. The number of nitrogens with one attached hydrogen (secondary N) is 1. The molecule has 1 fully saturated rings. The highest BCUT2D eigenvalue weighted by Gasteiger charge is 2.21. The largest absolute Gasteiger partial charge is 0.493 e. The summed E-state index contributed by atoms with van der Waals surface area (Å²) >= 11 is 0. The molecule has 0 bridgehead atoms. The van der Waals surface area contributed by atoms with E-state index in [1.165, 1.54) is 0 Å². The van der Waals surface area contributed by atoms with Crippen molar-refractivity contribution in [1.82, 2.24) is 15.1 Å². The first kappa shape index (κ1) is 16.9. The Kier molecular flexibility index (Phi) is 6.08. The quantitative estimate of drug-likeness (QED) is 0.820. The van der Waals surface area contributed by atoms with Crippen LogP contribution >= 0.6 is 0 Å². The zero-order valence-corrected chi connectivity index (χ0v) is 13.6. The normalized spacial score (nSPS) is 14.3. The molecule has 0 atom stereocenters. The van der Waals surface area contributed by atoms with Gasteiger partial charge in [0.05, 0.1) is 13.7 Å². The van der Waals surface area contributed by atoms with E-state index in [0.29, 0.717) is 50.8 Å². The lowest BCUT2D eigenvalue weighted by Gasteiger charge is -2.34. The van der Waals surface area contributed by atoms with Gasteiger partial charge in [0.1, 0.15) is 6.61 Å². The van der Waals surface area contributed by atoms with Crippen molar-refractivity contribution >= 4 is 11.9 Å². The van der Waals surface area contributed by atoms with Crippen LogP contribution in [0.15, 0.2) is 24.3 Å². The number of benzene rings is 1. The van der Waals surface area contributed by atoms with Crippen molar-refractivity contribution in [2.24, 2.45) is 0 Å². The second-order valence-corrected chi connectivity index (χ2v) is 5.22. The van der Waals surface area contributed by atoms with Gasteiger partial charge in [-0.25, -0.2) is 4.79 Å². The summed E-state index contributed by atoms with van der Waals surface area (Å²) in [6, 6.07) is 7.25. The van der Waals surface area contributed by atoms with Gasteiger partial charge in [-0.2, -0.15) is 0 Å². The zero-order valence-electron chi connectivity index (χ0n) is 13.6. The van der Waals surface area contributed by atoms with Gasteiger partial charge in [-0.15, -0.1) is 0 Å². The molecule has 0 saturated carbocycles. The molecule has 1 aliphatic heterocycles. The van der Waals surface area contributed by atoms with Crippen LogP contribution in [0, 0.1) is 0 Å². The van der Waals surface area contributed by atoms with Crippen molar-refractivity contribution < 1.29 is 19.1 Å². The molecule has 3 amide bonds. The smallest absolute Gasteiger partial charge is 0.317 e. The Bertz CT molecular complexity index is 542. The third-order valence-corrected chi connectivity index (χ3v) is 3.72. The van der Waals surface area contributed by atoms with E-state index < -0.39 is 0 Å². The first-order valence-electron chi connectivity index (χ1n) is 7.66. The first-order valence-corrected chi connectivity index (χ1v) is 7.66.